The summed E-state index contributed by atoms with van der Waals surface area (Å²) in [7, 11) is 1.54. The molecule has 0 spiro atoms. The summed E-state index contributed by atoms with van der Waals surface area (Å²) >= 11 is 0. The van der Waals surface area contributed by atoms with Gasteiger partial charge in [-0.2, -0.15) is 8.78 Å². The average Bonchev–Trinajstić information content (AvgIpc) is 2.69. The summed E-state index contributed by atoms with van der Waals surface area (Å²) in [5.41, 5.74) is 2.70. The summed E-state index contributed by atoms with van der Waals surface area (Å²) in [4.78, 5) is 16.5. The number of ether oxygens (including phenoxy) is 2. The highest BCUT2D eigenvalue weighted by Crippen LogP contribution is 2.34. The predicted molar refractivity (Wildman–Crippen MR) is 102 cm³/mol. The highest BCUT2D eigenvalue weighted by atomic mass is 19.3. The fraction of sp³-hybridized carbons (Fsp3) is 0.143. The van der Waals surface area contributed by atoms with Gasteiger partial charge >= 0.3 is 6.61 Å². The largest absolute Gasteiger partial charge is 0.497 e. The fourth-order valence-electron chi connectivity index (χ4n) is 2.61. The van der Waals surface area contributed by atoms with Crippen LogP contribution in [0.4, 0.5) is 14.5 Å². The minimum absolute atomic E-state index is 0.00942. The number of nitrogens with one attached hydrogen (secondary N) is 1. The standard InChI is InChI=1S/C21H18F2N2O3/c1-13-3-4-15(12-24-13)20(26)25-16-7-10-19(28-21(22)23)18(11-16)14-5-8-17(27-2)9-6-14/h3-12,21H,1-2H3,(H,25,26). The van der Waals surface area contributed by atoms with E-state index in [2.05, 4.69) is 15.0 Å². The summed E-state index contributed by atoms with van der Waals surface area (Å²) in [6.07, 6.45) is 1.48. The maximum Gasteiger partial charge on any atom is 0.387 e. The molecular weight excluding hydrogens is 366 g/mol. The molecule has 0 atom stereocenters. The third-order valence-electron chi connectivity index (χ3n) is 4.03. The topological polar surface area (TPSA) is 60.5 Å². The van der Waals surface area contributed by atoms with E-state index < -0.39 is 6.61 Å². The molecule has 7 heteroatoms. The van der Waals surface area contributed by atoms with E-state index in [0.29, 0.717) is 28.1 Å². The Labute approximate surface area is 160 Å². The zero-order chi connectivity index (χ0) is 20.1. The molecule has 1 amide bonds. The van der Waals surface area contributed by atoms with Gasteiger partial charge in [0.15, 0.2) is 0 Å². The number of amides is 1. The Kier molecular flexibility index (Phi) is 5.84. The predicted octanol–water partition coefficient (Wildman–Crippen LogP) is 4.92. The van der Waals surface area contributed by atoms with Crippen LogP contribution >= 0.6 is 0 Å². The van der Waals surface area contributed by atoms with E-state index in [1.54, 1.807) is 42.5 Å². The zero-order valence-corrected chi connectivity index (χ0v) is 15.3. The molecule has 2 aromatic carbocycles. The second-order valence-corrected chi connectivity index (χ2v) is 5.96. The first-order valence-corrected chi connectivity index (χ1v) is 8.43. The van der Waals surface area contributed by atoms with E-state index in [1.807, 2.05) is 6.92 Å². The number of carbonyl (C=O) groups excluding carboxylic acids is 1. The van der Waals surface area contributed by atoms with Crippen LogP contribution in [0.5, 0.6) is 11.5 Å². The van der Waals surface area contributed by atoms with Crippen LogP contribution in [0.25, 0.3) is 11.1 Å². The lowest BCUT2D eigenvalue weighted by Gasteiger charge is -2.14. The zero-order valence-electron chi connectivity index (χ0n) is 15.3. The molecule has 0 fully saturated rings. The molecular formula is C21H18F2N2O3. The van der Waals surface area contributed by atoms with Crippen LogP contribution in [0.2, 0.25) is 0 Å². The second kappa shape index (κ2) is 8.47. The van der Waals surface area contributed by atoms with Crippen molar-refractivity contribution < 1.29 is 23.0 Å². The number of rotatable bonds is 6. The van der Waals surface area contributed by atoms with Crippen molar-refractivity contribution >= 4 is 11.6 Å². The van der Waals surface area contributed by atoms with Gasteiger partial charge in [-0.15, -0.1) is 0 Å². The number of aryl methyl sites for hydroxylation is 1. The number of nitrogens with zero attached hydrogens (tertiary/aromatic N) is 1. The number of carbonyl (C=O) groups is 1. The normalized spacial score (nSPS) is 10.6. The summed E-state index contributed by atoms with van der Waals surface area (Å²) < 4.78 is 35.3. The van der Waals surface area contributed by atoms with Gasteiger partial charge < -0.3 is 14.8 Å². The third-order valence-corrected chi connectivity index (χ3v) is 4.03. The fourth-order valence-corrected chi connectivity index (χ4v) is 2.61. The average molecular weight is 384 g/mol. The smallest absolute Gasteiger partial charge is 0.387 e. The van der Waals surface area contributed by atoms with Crippen LogP contribution in [0, 0.1) is 6.92 Å². The lowest BCUT2D eigenvalue weighted by Crippen LogP contribution is -2.12. The number of hydrogen-bond donors (Lipinski definition) is 1. The molecule has 144 valence electrons. The first kappa shape index (κ1) is 19.3. The van der Waals surface area contributed by atoms with Crippen molar-refractivity contribution in [3.8, 4) is 22.6 Å². The highest BCUT2D eigenvalue weighted by molar-refractivity contribution is 6.04. The molecule has 0 aliphatic heterocycles. The van der Waals surface area contributed by atoms with Gasteiger partial charge in [0.25, 0.3) is 5.91 Å². The number of anilines is 1. The highest BCUT2D eigenvalue weighted by Gasteiger charge is 2.14. The Morgan fingerprint density at radius 1 is 1.07 bits per heavy atom. The van der Waals surface area contributed by atoms with E-state index in [9.17, 15) is 13.6 Å². The molecule has 1 N–H and O–H groups in total. The van der Waals surface area contributed by atoms with Gasteiger partial charge in [0.2, 0.25) is 0 Å². The van der Waals surface area contributed by atoms with Crippen LogP contribution < -0.4 is 14.8 Å². The molecule has 0 saturated carbocycles. The van der Waals surface area contributed by atoms with Crippen molar-refractivity contribution in [1.29, 1.82) is 0 Å². The van der Waals surface area contributed by atoms with Crippen molar-refractivity contribution in [3.05, 3.63) is 72.1 Å². The Morgan fingerprint density at radius 2 is 1.82 bits per heavy atom. The Hall–Kier alpha value is -3.48. The SMILES string of the molecule is COc1ccc(-c2cc(NC(=O)c3ccc(C)nc3)ccc2OC(F)F)cc1. The monoisotopic (exact) mass is 384 g/mol. The number of benzene rings is 2. The summed E-state index contributed by atoms with van der Waals surface area (Å²) in [5, 5.41) is 2.74. The van der Waals surface area contributed by atoms with Crippen molar-refractivity contribution in [3.63, 3.8) is 0 Å². The van der Waals surface area contributed by atoms with Crippen molar-refractivity contribution in [2.75, 3.05) is 12.4 Å². The molecule has 3 aromatic rings. The minimum atomic E-state index is -2.96. The van der Waals surface area contributed by atoms with Crippen LogP contribution in [-0.2, 0) is 0 Å². The summed E-state index contributed by atoms with van der Waals surface area (Å²) in [5.74, 6) is 0.294. The molecule has 5 nitrogen and oxygen atoms in total. The lowest BCUT2D eigenvalue weighted by atomic mass is 10.0. The maximum absolute atomic E-state index is 12.8. The Bertz CT molecular complexity index is 958. The minimum Gasteiger partial charge on any atom is -0.497 e. The molecule has 0 radical (unpaired) electrons. The van der Waals surface area contributed by atoms with Gasteiger partial charge in [0, 0.05) is 23.1 Å². The number of pyridine rings is 1. The molecule has 28 heavy (non-hydrogen) atoms. The first-order chi connectivity index (χ1) is 13.5. The Balaban J connectivity index is 1.92. The van der Waals surface area contributed by atoms with Gasteiger partial charge in [-0.1, -0.05) is 12.1 Å². The quantitative estimate of drug-likeness (QED) is 0.655. The Morgan fingerprint density at radius 3 is 2.43 bits per heavy atom. The molecule has 0 aliphatic rings. The molecule has 1 heterocycles. The number of methoxy groups -OCH3 is 1. The third kappa shape index (κ3) is 4.62. The van der Waals surface area contributed by atoms with Crippen molar-refractivity contribution in [2.24, 2.45) is 0 Å². The molecule has 0 unspecified atom stereocenters. The first-order valence-electron chi connectivity index (χ1n) is 8.43. The number of halogens is 2. The van der Waals surface area contributed by atoms with Gasteiger partial charge in [-0.3, -0.25) is 9.78 Å². The van der Waals surface area contributed by atoms with E-state index in [0.717, 1.165) is 5.69 Å². The van der Waals surface area contributed by atoms with E-state index in [1.165, 1.54) is 25.4 Å². The van der Waals surface area contributed by atoms with Crippen LogP contribution in [0.3, 0.4) is 0 Å². The molecule has 3 rings (SSSR count). The van der Waals surface area contributed by atoms with Gasteiger partial charge in [0.05, 0.1) is 12.7 Å². The molecule has 0 saturated heterocycles. The van der Waals surface area contributed by atoms with Gasteiger partial charge in [-0.25, -0.2) is 0 Å². The molecule has 0 bridgehead atoms. The van der Waals surface area contributed by atoms with Crippen LogP contribution in [0.15, 0.2) is 60.8 Å². The lowest BCUT2D eigenvalue weighted by molar-refractivity contribution is -0.0494. The second-order valence-electron chi connectivity index (χ2n) is 5.96. The summed E-state index contributed by atoms with van der Waals surface area (Å²) in [6.45, 7) is -1.14. The molecule has 0 aliphatic carbocycles. The summed E-state index contributed by atoms with van der Waals surface area (Å²) in [6, 6.07) is 14.8. The molecule has 1 aromatic heterocycles. The van der Waals surface area contributed by atoms with Crippen LogP contribution in [-0.4, -0.2) is 24.6 Å². The van der Waals surface area contributed by atoms with Crippen molar-refractivity contribution in [1.82, 2.24) is 4.98 Å². The number of aromatic nitrogens is 1. The van der Waals surface area contributed by atoms with Crippen molar-refractivity contribution in [2.45, 2.75) is 13.5 Å². The van der Waals surface area contributed by atoms with E-state index >= 15 is 0 Å². The van der Waals surface area contributed by atoms with Crippen LogP contribution in [0.1, 0.15) is 16.1 Å². The van der Waals surface area contributed by atoms with Gasteiger partial charge in [0.1, 0.15) is 11.5 Å². The van der Waals surface area contributed by atoms with Gasteiger partial charge in [-0.05, 0) is 55.0 Å². The van der Waals surface area contributed by atoms with E-state index in [4.69, 9.17) is 4.74 Å². The number of hydrogen-bond acceptors (Lipinski definition) is 4. The number of alkyl halides is 2. The maximum atomic E-state index is 12.8. The van der Waals surface area contributed by atoms with E-state index in [-0.39, 0.29) is 11.7 Å².